The fourth-order valence-electron chi connectivity index (χ4n) is 1.76. The lowest BCUT2D eigenvalue weighted by molar-refractivity contribution is 0.229. The molecule has 0 aliphatic carbocycles. The van der Waals surface area contributed by atoms with Crippen molar-refractivity contribution < 1.29 is 9.47 Å². The van der Waals surface area contributed by atoms with Crippen LogP contribution in [0.2, 0.25) is 5.02 Å². The molecule has 0 amide bonds. The maximum Gasteiger partial charge on any atom is 0.165 e. The Morgan fingerprint density at radius 1 is 1.22 bits per heavy atom. The predicted octanol–water partition coefficient (Wildman–Crippen LogP) is 4.90. The summed E-state index contributed by atoms with van der Waals surface area (Å²) >= 11 is 11.9. The number of benzene rings is 1. The van der Waals surface area contributed by atoms with Crippen LogP contribution in [0, 0.1) is 5.92 Å². The Balaban J connectivity index is 2.91. The predicted molar refractivity (Wildman–Crippen MR) is 77.1 cm³/mol. The first-order chi connectivity index (χ1) is 8.65. The molecule has 4 heteroatoms. The van der Waals surface area contributed by atoms with Crippen LogP contribution < -0.4 is 9.47 Å². The second-order valence-corrected chi connectivity index (χ2v) is 4.93. The van der Waals surface area contributed by atoms with Crippen LogP contribution in [-0.2, 0) is 5.88 Å². The average molecular weight is 291 g/mol. The van der Waals surface area contributed by atoms with E-state index in [1.54, 1.807) is 13.2 Å². The summed E-state index contributed by atoms with van der Waals surface area (Å²) < 4.78 is 11.2. The average Bonchev–Trinajstić information content (AvgIpc) is 2.40. The highest BCUT2D eigenvalue weighted by Crippen LogP contribution is 2.36. The SMILES string of the molecule is CCC(CC)COc1c(CCl)cc(Cl)cc1OC. The van der Waals surface area contributed by atoms with Crippen LogP contribution in [-0.4, -0.2) is 13.7 Å². The number of hydrogen-bond acceptors (Lipinski definition) is 2. The van der Waals surface area contributed by atoms with Crippen molar-refractivity contribution in [2.24, 2.45) is 5.92 Å². The van der Waals surface area contributed by atoms with Crippen molar-refractivity contribution in [3.05, 3.63) is 22.7 Å². The van der Waals surface area contributed by atoms with Gasteiger partial charge in [-0.1, -0.05) is 38.3 Å². The monoisotopic (exact) mass is 290 g/mol. The molecule has 1 aromatic rings. The molecular formula is C14H20Cl2O2. The first-order valence-corrected chi connectivity index (χ1v) is 7.12. The van der Waals surface area contributed by atoms with Crippen LogP contribution >= 0.6 is 23.2 Å². The minimum Gasteiger partial charge on any atom is -0.493 e. The van der Waals surface area contributed by atoms with Gasteiger partial charge in [-0.3, -0.25) is 0 Å². The fourth-order valence-corrected chi connectivity index (χ4v) is 2.19. The molecule has 102 valence electrons. The van der Waals surface area contributed by atoms with Gasteiger partial charge in [0.2, 0.25) is 0 Å². The molecule has 0 radical (unpaired) electrons. The Morgan fingerprint density at radius 2 is 1.89 bits per heavy atom. The van der Waals surface area contributed by atoms with E-state index < -0.39 is 0 Å². The maximum atomic E-state index is 6.00. The van der Waals surface area contributed by atoms with E-state index in [0.717, 1.165) is 18.4 Å². The van der Waals surface area contributed by atoms with Crippen molar-refractivity contribution >= 4 is 23.2 Å². The molecule has 0 aliphatic rings. The van der Waals surface area contributed by atoms with E-state index in [-0.39, 0.29) is 0 Å². The Kier molecular flexibility index (Phi) is 6.66. The normalized spacial score (nSPS) is 10.8. The van der Waals surface area contributed by atoms with Gasteiger partial charge in [0, 0.05) is 16.7 Å². The topological polar surface area (TPSA) is 18.5 Å². The molecular weight excluding hydrogens is 271 g/mol. The lowest BCUT2D eigenvalue weighted by Crippen LogP contribution is -2.11. The van der Waals surface area contributed by atoms with Crippen LogP contribution in [0.25, 0.3) is 0 Å². The van der Waals surface area contributed by atoms with Crippen molar-refractivity contribution in [3.8, 4) is 11.5 Å². The minimum absolute atomic E-state index is 0.356. The maximum absolute atomic E-state index is 6.00. The first kappa shape index (κ1) is 15.5. The number of halogens is 2. The van der Waals surface area contributed by atoms with Gasteiger partial charge in [0.05, 0.1) is 19.6 Å². The molecule has 0 spiro atoms. The van der Waals surface area contributed by atoms with Crippen molar-refractivity contribution in [1.29, 1.82) is 0 Å². The molecule has 1 aromatic carbocycles. The smallest absolute Gasteiger partial charge is 0.165 e. The highest BCUT2D eigenvalue weighted by molar-refractivity contribution is 6.31. The molecule has 0 N–H and O–H groups in total. The van der Waals surface area contributed by atoms with Gasteiger partial charge >= 0.3 is 0 Å². The Hall–Kier alpha value is -0.600. The summed E-state index contributed by atoms with van der Waals surface area (Å²) in [5.74, 6) is 2.26. The highest BCUT2D eigenvalue weighted by Gasteiger charge is 2.14. The number of methoxy groups -OCH3 is 1. The van der Waals surface area contributed by atoms with Crippen LogP contribution in [0.3, 0.4) is 0 Å². The molecule has 0 unspecified atom stereocenters. The molecule has 0 saturated heterocycles. The molecule has 2 nitrogen and oxygen atoms in total. The zero-order valence-corrected chi connectivity index (χ0v) is 12.6. The van der Waals surface area contributed by atoms with E-state index in [1.807, 2.05) is 6.07 Å². The zero-order chi connectivity index (χ0) is 13.5. The Morgan fingerprint density at radius 3 is 2.39 bits per heavy atom. The van der Waals surface area contributed by atoms with Gasteiger partial charge in [0.15, 0.2) is 11.5 Å². The van der Waals surface area contributed by atoms with Crippen LogP contribution in [0.5, 0.6) is 11.5 Å². The third-order valence-electron chi connectivity index (χ3n) is 3.08. The van der Waals surface area contributed by atoms with E-state index in [9.17, 15) is 0 Å². The quantitative estimate of drug-likeness (QED) is 0.665. The summed E-state index contributed by atoms with van der Waals surface area (Å²) in [7, 11) is 1.60. The standard InChI is InChI=1S/C14H20Cl2O2/c1-4-10(5-2)9-18-14-11(8-15)6-12(16)7-13(14)17-3/h6-7,10H,4-5,8-9H2,1-3H3. The molecule has 0 heterocycles. The second kappa shape index (κ2) is 7.75. The lowest BCUT2D eigenvalue weighted by Gasteiger charge is -2.18. The number of hydrogen-bond donors (Lipinski definition) is 0. The van der Waals surface area contributed by atoms with Crippen molar-refractivity contribution in [1.82, 2.24) is 0 Å². The van der Waals surface area contributed by atoms with Crippen LogP contribution in [0.15, 0.2) is 12.1 Å². The molecule has 1 rings (SSSR count). The van der Waals surface area contributed by atoms with E-state index >= 15 is 0 Å². The summed E-state index contributed by atoms with van der Waals surface area (Å²) in [6.07, 6.45) is 2.20. The van der Waals surface area contributed by atoms with Gasteiger partial charge in [-0.15, -0.1) is 11.6 Å². The highest BCUT2D eigenvalue weighted by atomic mass is 35.5. The van der Waals surface area contributed by atoms with E-state index in [4.69, 9.17) is 32.7 Å². The lowest BCUT2D eigenvalue weighted by atomic mass is 10.1. The third-order valence-corrected chi connectivity index (χ3v) is 3.58. The van der Waals surface area contributed by atoms with Crippen molar-refractivity contribution in [2.45, 2.75) is 32.6 Å². The van der Waals surface area contributed by atoms with Gasteiger partial charge < -0.3 is 9.47 Å². The Labute approximate surface area is 119 Å². The second-order valence-electron chi connectivity index (χ2n) is 4.22. The van der Waals surface area contributed by atoms with E-state index in [2.05, 4.69) is 13.8 Å². The van der Waals surface area contributed by atoms with Crippen LogP contribution in [0.1, 0.15) is 32.3 Å². The number of rotatable bonds is 7. The molecule has 18 heavy (non-hydrogen) atoms. The Bertz CT molecular complexity index is 351. The summed E-state index contributed by atoms with van der Waals surface area (Å²) in [6.45, 7) is 5.01. The number of alkyl halides is 1. The van der Waals surface area contributed by atoms with Gasteiger partial charge in [-0.05, 0) is 12.0 Å². The molecule has 0 atom stereocenters. The summed E-state index contributed by atoms with van der Waals surface area (Å²) in [5.41, 5.74) is 0.868. The summed E-state index contributed by atoms with van der Waals surface area (Å²) in [6, 6.07) is 3.57. The summed E-state index contributed by atoms with van der Waals surface area (Å²) in [4.78, 5) is 0. The van der Waals surface area contributed by atoms with E-state index in [0.29, 0.717) is 34.9 Å². The summed E-state index contributed by atoms with van der Waals surface area (Å²) in [5, 5.41) is 0.609. The fraction of sp³-hybridized carbons (Fsp3) is 0.571. The van der Waals surface area contributed by atoms with Crippen LogP contribution in [0.4, 0.5) is 0 Å². The molecule has 0 fully saturated rings. The van der Waals surface area contributed by atoms with Gasteiger partial charge in [0.1, 0.15) is 0 Å². The van der Waals surface area contributed by atoms with Gasteiger partial charge in [-0.25, -0.2) is 0 Å². The molecule has 0 aromatic heterocycles. The van der Waals surface area contributed by atoms with Gasteiger partial charge in [-0.2, -0.15) is 0 Å². The van der Waals surface area contributed by atoms with E-state index in [1.165, 1.54) is 0 Å². The third kappa shape index (κ3) is 3.96. The number of ether oxygens (including phenoxy) is 2. The molecule has 0 aliphatic heterocycles. The largest absolute Gasteiger partial charge is 0.493 e. The zero-order valence-electron chi connectivity index (χ0n) is 11.1. The van der Waals surface area contributed by atoms with Gasteiger partial charge in [0.25, 0.3) is 0 Å². The minimum atomic E-state index is 0.356. The van der Waals surface area contributed by atoms with Crippen molar-refractivity contribution in [3.63, 3.8) is 0 Å². The molecule has 0 saturated carbocycles. The molecule has 0 bridgehead atoms. The van der Waals surface area contributed by atoms with Crippen molar-refractivity contribution in [2.75, 3.05) is 13.7 Å². The first-order valence-electron chi connectivity index (χ1n) is 6.21.